The fourth-order valence-electron chi connectivity index (χ4n) is 1.28. The molecule has 0 aromatic heterocycles. The number of nitrogens with one attached hydrogen (secondary N) is 1. The molecule has 1 aliphatic rings. The molecule has 4 heteroatoms. The molecule has 1 heterocycles. The average Bonchev–Trinajstić information content (AvgIpc) is 2.13. The van der Waals surface area contributed by atoms with Crippen LogP contribution in [0.2, 0.25) is 0 Å². The third kappa shape index (κ3) is 2.17. The van der Waals surface area contributed by atoms with Crippen molar-refractivity contribution in [2.24, 2.45) is 0 Å². The topological polar surface area (TPSA) is 52.6 Å². The molecule has 0 aromatic rings. The van der Waals surface area contributed by atoms with Gasteiger partial charge >= 0.3 is 5.97 Å². The summed E-state index contributed by atoms with van der Waals surface area (Å²) in [4.78, 5) is 12.5. The van der Waals surface area contributed by atoms with Crippen LogP contribution in [0.15, 0.2) is 0 Å². The molecule has 11 heavy (non-hydrogen) atoms. The minimum Gasteiger partial charge on any atom is -0.480 e. The van der Waals surface area contributed by atoms with Gasteiger partial charge in [0, 0.05) is 6.54 Å². The number of carboxylic acid groups (broad SMARTS) is 1. The van der Waals surface area contributed by atoms with Crippen molar-refractivity contribution in [3.05, 3.63) is 0 Å². The number of hydrogen-bond donors (Lipinski definition) is 2. The van der Waals surface area contributed by atoms with Crippen LogP contribution < -0.4 is 5.32 Å². The van der Waals surface area contributed by atoms with E-state index in [-0.39, 0.29) is 6.04 Å². The lowest BCUT2D eigenvalue weighted by atomic mass is 10.3. The van der Waals surface area contributed by atoms with Crippen molar-refractivity contribution in [2.75, 3.05) is 26.7 Å². The van der Waals surface area contributed by atoms with Crippen LogP contribution in [0.5, 0.6) is 0 Å². The van der Waals surface area contributed by atoms with Crippen molar-refractivity contribution in [1.82, 2.24) is 10.2 Å². The SMILES string of the molecule is CN1CCCNCC1C(=O)O. The number of carboxylic acids is 1. The number of rotatable bonds is 1. The Morgan fingerprint density at radius 2 is 2.45 bits per heavy atom. The first kappa shape index (κ1) is 8.49. The molecule has 2 N–H and O–H groups in total. The summed E-state index contributed by atoms with van der Waals surface area (Å²) in [6, 6.07) is -0.350. The third-order valence-corrected chi connectivity index (χ3v) is 2.02. The molecule has 64 valence electrons. The maximum atomic E-state index is 10.6. The van der Waals surface area contributed by atoms with Gasteiger partial charge in [-0.15, -0.1) is 0 Å². The lowest BCUT2D eigenvalue weighted by Crippen LogP contribution is -2.43. The first-order valence-electron chi connectivity index (χ1n) is 3.85. The zero-order chi connectivity index (χ0) is 8.27. The van der Waals surface area contributed by atoms with Crippen LogP contribution in [-0.4, -0.2) is 48.7 Å². The number of aliphatic carboxylic acids is 1. The highest BCUT2D eigenvalue weighted by molar-refractivity contribution is 5.73. The fourth-order valence-corrected chi connectivity index (χ4v) is 1.28. The van der Waals surface area contributed by atoms with Gasteiger partial charge in [0.15, 0.2) is 0 Å². The molecule has 1 saturated heterocycles. The van der Waals surface area contributed by atoms with E-state index in [9.17, 15) is 4.79 Å². The van der Waals surface area contributed by atoms with Crippen LogP contribution >= 0.6 is 0 Å². The summed E-state index contributed by atoms with van der Waals surface area (Å²) in [6.45, 7) is 2.35. The Bertz CT molecular complexity index is 149. The molecular formula is C7H14N2O2. The smallest absolute Gasteiger partial charge is 0.322 e. The summed E-state index contributed by atoms with van der Waals surface area (Å²) in [6.07, 6.45) is 1.03. The molecule has 0 aliphatic carbocycles. The monoisotopic (exact) mass is 158 g/mol. The number of hydrogen-bond acceptors (Lipinski definition) is 3. The van der Waals surface area contributed by atoms with Gasteiger partial charge in [-0.05, 0) is 26.6 Å². The molecule has 1 rings (SSSR count). The Kier molecular flexibility index (Phi) is 2.84. The van der Waals surface area contributed by atoms with E-state index in [1.165, 1.54) is 0 Å². The first-order valence-corrected chi connectivity index (χ1v) is 3.85. The zero-order valence-electron chi connectivity index (χ0n) is 6.71. The molecule has 0 radical (unpaired) electrons. The average molecular weight is 158 g/mol. The summed E-state index contributed by atoms with van der Waals surface area (Å²) in [5.74, 6) is -0.734. The molecule has 0 spiro atoms. The van der Waals surface area contributed by atoms with Crippen LogP contribution in [0.25, 0.3) is 0 Å². The fraction of sp³-hybridized carbons (Fsp3) is 0.857. The zero-order valence-corrected chi connectivity index (χ0v) is 6.71. The van der Waals surface area contributed by atoms with E-state index >= 15 is 0 Å². The van der Waals surface area contributed by atoms with Gasteiger partial charge in [-0.25, -0.2) is 0 Å². The van der Waals surface area contributed by atoms with Crippen molar-refractivity contribution in [3.8, 4) is 0 Å². The largest absolute Gasteiger partial charge is 0.480 e. The Morgan fingerprint density at radius 1 is 1.73 bits per heavy atom. The predicted octanol–water partition coefficient (Wildman–Crippen LogP) is -0.635. The van der Waals surface area contributed by atoms with Crippen molar-refractivity contribution in [1.29, 1.82) is 0 Å². The van der Waals surface area contributed by atoms with Crippen LogP contribution in [0.3, 0.4) is 0 Å². The lowest BCUT2D eigenvalue weighted by molar-refractivity contribution is -0.142. The van der Waals surface area contributed by atoms with Gasteiger partial charge in [-0.1, -0.05) is 0 Å². The third-order valence-electron chi connectivity index (χ3n) is 2.02. The van der Waals surface area contributed by atoms with Gasteiger partial charge in [0.2, 0.25) is 0 Å². The van der Waals surface area contributed by atoms with Gasteiger partial charge in [-0.2, -0.15) is 0 Å². The van der Waals surface area contributed by atoms with E-state index in [2.05, 4.69) is 5.32 Å². The lowest BCUT2D eigenvalue weighted by Gasteiger charge is -2.20. The predicted molar refractivity (Wildman–Crippen MR) is 41.5 cm³/mol. The molecule has 0 saturated carbocycles. The highest BCUT2D eigenvalue weighted by Crippen LogP contribution is 2.00. The summed E-state index contributed by atoms with van der Waals surface area (Å²) < 4.78 is 0. The molecule has 4 nitrogen and oxygen atoms in total. The van der Waals surface area contributed by atoms with Gasteiger partial charge in [0.25, 0.3) is 0 Å². The van der Waals surface area contributed by atoms with Crippen molar-refractivity contribution < 1.29 is 9.90 Å². The quantitative estimate of drug-likeness (QED) is 0.533. The molecule has 1 atom stereocenters. The Morgan fingerprint density at radius 3 is 3.09 bits per heavy atom. The van der Waals surface area contributed by atoms with Crippen molar-refractivity contribution in [2.45, 2.75) is 12.5 Å². The number of nitrogens with zero attached hydrogens (tertiary/aromatic N) is 1. The summed E-state index contributed by atoms with van der Waals surface area (Å²) in [5.41, 5.74) is 0. The van der Waals surface area contributed by atoms with Gasteiger partial charge in [0.1, 0.15) is 6.04 Å². The van der Waals surface area contributed by atoms with Crippen molar-refractivity contribution in [3.63, 3.8) is 0 Å². The second-order valence-corrected chi connectivity index (χ2v) is 2.89. The molecule has 0 amide bonds. The molecule has 1 unspecified atom stereocenters. The highest BCUT2D eigenvalue weighted by Gasteiger charge is 2.23. The van der Waals surface area contributed by atoms with Gasteiger partial charge < -0.3 is 10.4 Å². The molecule has 1 aliphatic heterocycles. The van der Waals surface area contributed by atoms with E-state index in [1.807, 2.05) is 11.9 Å². The standard InChI is InChI=1S/C7H14N2O2/c1-9-4-2-3-8-5-6(9)7(10)11/h6,8H,2-5H2,1H3,(H,10,11). The maximum Gasteiger partial charge on any atom is 0.322 e. The van der Waals surface area contributed by atoms with Gasteiger partial charge in [0.05, 0.1) is 0 Å². The van der Waals surface area contributed by atoms with Crippen LogP contribution in [0.1, 0.15) is 6.42 Å². The molecular weight excluding hydrogens is 144 g/mol. The summed E-state index contributed by atoms with van der Waals surface area (Å²) in [5, 5.41) is 11.8. The number of carbonyl (C=O) groups is 1. The minimum atomic E-state index is -0.734. The second kappa shape index (κ2) is 3.69. The summed E-state index contributed by atoms with van der Waals surface area (Å²) >= 11 is 0. The summed E-state index contributed by atoms with van der Waals surface area (Å²) in [7, 11) is 1.85. The molecule has 0 aromatic carbocycles. The van der Waals surface area contributed by atoms with Crippen molar-refractivity contribution >= 4 is 5.97 Å². The Balaban J connectivity index is 2.52. The van der Waals surface area contributed by atoms with Crippen LogP contribution in [0.4, 0.5) is 0 Å². The van der Waals surface area contributed by atoms with Crippen LogP contribution in [-0.2, 0) is 4.79 Å². The van der Waals surface area contributed by atoms with Crippen LogP contribution in [0, 0.1) is 0 Å². The van der Waals surface area contributed by atoms with Gasteiger partial charge in [-0.3, -0.25) is 9.69 Å². The minimum absolute atomic E-state index is 0.350. The molecule has 1 fully saturated rings. The normalized spacial score (nSPS) is 27.9. The van der Waals surface area contributed by atoms with E-state index < -0.39 is 5.97 Å². The Labute approximate surface area is 66.2 Å². The maximum absolute atomic E-state index is 10.6. The number of likely N-dealkylation sites (N-methyl/N-ethyl adjacent to an activating group) is 1. The highest BCUT2D eigenvalue weighted by atomic mass is 16.4. The Hall–Kier alpha value is -0.610. The first-order chi connectivity index (χ1) is 5.22. The van der Waals surface area contributed by atoms with E-state index in [0.29, 0.717) is 6.54 Å². The van der Waals surface area contributed by atoms with E-state index in [1.54, 1.807) is 0 Å². The molecule has 0 bridgehead atoms. The second-order valence-electron chi connectivity index (χ2n) is 2.89. The van der Waals surface area contributed by atoms with E-state index in [0.717, 1.165) is 19.5 Å². The van der Waals surface area contributed by atoms with E-state index in [4.69, 9.17) is 5.11 Å².